The number of ether oxygens (including phenoxy) is 1. The van der Waals surface area contributed by atoms with Crippen molar-refractivity contribution in [1.82, 2.24) is 0 Å². The van der Waals surface area contributed by atoms with E-state index in [1.54, 1.807) is 0 Å². The Morgan fingerprint density at radius 3 is 0.524 bits per heavy atom. The van der Waals surface area contributed by atoms with Crippen molar-refractivity contribution in [3.63, 3.8) is 0 Å². The van der Waals surface area contributed by atoms with Crippen LogP contribution in [0.5, 0.6) is 0 Å². The van der Waals surface area contributed by atoms with Gasteiger partial charge < -0.3 is 4.74 Å². The Balaban J connectivity index is 3.12. The van der Waals surface area contributed by atoms with Gasteiger partial charge in [0.1, 0.15) is 0 Å². The van der Waals surface area contributed by atoms with Crippen LogP contribution >= 0.6 is 0 Å². The topological polar surface area (TPSA) is 26.3 Å². The van der Waals surface area contributed by atoms with E-state index in [0.29, 0.717) is 13.0 Å². The van der Waals surface area contributed by atoms with Gasteiger partial charge in [-0.25, -0.2) is 0 Å². The van der Waals surface area contributed by atoms with E-state index in [4.69, 9.17) is 4.74 Å². The highest BCUT2D eigenvalue weighted by Crippen LogP contribution is 2.21. The molecule has 0 spiro atoms. The molecule has 0 radical (unpaired) electrons. The molecule has 0 bridgehead atoms. The van der Waals surface area contributed by atoms with Crippen LogP contribution in [0.3, 0.4) is 0 Å². The number of carbonyl (C=O) groups is 1. The predicted molar refractivity (Wildman–Crippen MR) is 373 cm³/mol. The molecule has 0 aliphatic carbocycles. The third-order valence-electron chi connectivity index (χ3n) is 18.9. The van der Waals surface area contributed by atoms with Gasteiger partial charge in [-0.05, 0) is 38.5 Å². The fourth-order valence-electron chi connectivity index (χ4n) is 13.0. The molecule has 0 aromatic rings. The first kappa shape index (κ1) is 81.2. The molecule has 0 rings (SSSR count). The molecule has 0 fully saturated rings. The summed E-state index contributed by atoms with van der Waals surface area (Å²) in [5.41, 5.74) is 0. The first-order valence-electron chi connectivity index (χ1n) is 39.6. The van der Waals surface area contributed by atoms with Crippen molar-refractivity contribution < 1.29 is 9.53 Å². The average molecular weight is 1150 g/mol. The van der Waals surface area contributed by atoms with Crippen LogP contribution in [0.15, 0.2) is 12.2 Å². The summed E-state index contributed by atoms with van der Waals surface area (Å²) in [5, 5.41) is 0. The number of carbonyl (C=O) groups excluding carboxylic acids is 1. The normalized spacial score (nSPS) is 11.8. The fraction of sp³-hybridized carbons (Fsp3) is 0.963. The van der Waals surface area contributed by atoms with E-state index < -0.39 is 0 Å². The number of unbranched alkanes of at least 4 members (excludes halogenated alkanes) is 70. The van der Waals surface area contributed by atoms with E-state index in [2.05, 4.69) is 26.0 Å². The van der Waals surface area contributed by atoms with E-state index in [9.17, 15) is 4.79 Å². The Kier molecular flexibility index (Phi) is 77.5. The van der Waals surface area contributed by atoms with Crippen LogP contribution in [0.25, 0.3) is 0 Å². The zero-order valence-electron chi connectivity index (χ0n) is 57.5. The molecule has 0 heterocycles. The third kappa shape index (κ3) is 77.2. The second-order valence-electron chi connectivity index (χ2n) is 27.4. The summed E-state index contributed by atoms with van der Waals surface area (Å²) in [6.07, 6.45) is 110. The average Bonchev–Trinajstić information content (AvgIpc) is 3.48. The van der Waals surface area contributed by atoms with Gasteiger partial charge in [0.05, 0.1) is 6.61 Å². The van der Waals surface area contributed by atoms with Gasteiger partial charge in [-0.15, -0.1) is 0 Å². The van der Waals surface area contributed by atoms with Crippen LogP contribution in [-0.4, -0.2) is 12.6 Å². The predicted octanol–water partition coefficient (Wildman–Crippen LogP) is 30.0. The maximum Gasteiger partial charge on any atom is 0.305 e. The Hall–Kier alpha value is -0.790. The molecule has 82 heavy (non-hydrogen) atoms. The van der Waals surface area contributed by atoms with Gasteiger partial charge in [0.25, 0.3) is 0 Å². The summed E-state index contributed by atoms with van der Waals surface area (Å²) in [4.78, 5) is 12.1. The minimum Gasteiger partial charge on any atom is -0.466 e. The van der Waals surface area contributed by atoms with E-state index in [-0.39, 0.29) is 5.97 Å². The van der Waals surface area contributed by atoms with Gasteiger partial charge in [0.2, 0.25) is 0 Å². The first-order valence-corrected chi connectivity index (χ1v) is 39.6. The Morgan fingerprint density at radius 1 is 0.195 bits per heavy atom. The highest BCUT2D eigenvalue weighted by molar-refractivity contribution is 5.69. The minimum absolute atomic E-state index is 0.0239. The molecule has 0 N–H and O–H groups in total. The molecule has 0 aliphatic rings. The second kappa shape index (κ2) is 78.2. The van der Waals surface area contributed by atoms with Gasteiger partial charge in [0.15, 0.2) is 0 Å². The highest BCUT2D eigenvalue weighted by Gasteiger charge is 2.04. The summed E-state index contributed by atoms with van der Waals surface area (Å²) >= 11 is 0. The molecule has 0 aromatic heterocycles. The van der Waals surface area contributed by atoms with E-state index in [1.807, 2.05) is 0 Å². The van der Waals surface area contributed by atoms with Crippen LogP contribution in [0, 0.1) is 0 Å². The smallest absolute Gasteiger partial charge is 0.305 e. The van der Waals surface area contributed by atoms with Crippen molar-refractivity contribution in [2.24, 2.45) is 0 Å². The molecular weight excluding hydrogens is 993 g/mol. The minimum atomic E-state index is 0.0239. The molecule has 0 saturated heterocycles. The molecule has 0 amide bonds. The van der Waals surface area contributed by atoms with Crippen molar-refractivity contribution in [3.8, 4) is 0 Å². The lowest BCUT2D eigenvalue weighted by molar-refractivity contribution is -0.143. The van der Waals surface area contributed by atoms with Crippen LogP contribution in [0.1, 0.15) is 489 Å². The number of allylic oxidation sites excluding steroid dienone is 2. The SMILES string of the molecule is CCCCCCCCC=CCCCCCCCC(=O)OCCCCCCCCCCCCCCCCCCCCCCCCCCCCCCCCCCCCCCCCCCCCCCCCCCCCCCCCCCCCCC. The molecule has 0 aromatic carbocycles. The second-order valence-corrected chi connectivity index (χ2v) is 27.4. The zero-order chi connectivity index (χ0) is 58.7. The number of rotatable bonds is 76. The lowest BCUT2D eigenvalue weighted by atomic mass is 10.0. The van der Waals surface area contributed by atoms with Crippen molar-refractivity contribution in [1.29, 1.82) is 0 Å². The van der Waals surface area contributed by atoms with E-state index >= 15 is 0 Å². The monoisotopic (exact) mass is 1150 g/mol. The highest BCUT2D eigenvalue weighted by atomic mass is 16.5. The fourth-order valence-corrected chi connectivity index (χ4v) is 13.0. The summed E-state index contributed by atoms with van der Waals surface area (Å²) in [6.45, 7) is 5.23. The maximum atomic E-state index is 12.1. The van der Waals surface area contributed by atoms with Gasteiger partial charge >= 0.3 is 5.97 Å². The molecule has 0 aliphatic heterocycles. The van der Waals surface area contributed by atoms with Gasteiger partial charge in [-0.2, -0.15) is 0 Å². The molecule has 0 unspecified atom stereocenters. The van der Waals surface area contributed by atoms with Crippen LogP contribution in [0.2, 0.25) is 0 Å². The molecule has 2 nitrogen and oxygen atoms in total. The lowest BCUT2D eigenvalue weighted by Gasteiger charge is -2.06. The Morgan fingerprint density at radius 2 is 0.341 bits per heavy atom. The summed E-state index contributed by atoms with van der Waals surface area (Å²) in [6, 6.07) is 0. The largest absolute Gasteiger partial charge is 0.466 e. The molecule has 490 valence electrons. The van der Waals surface area contributed by atoms with E-state index in [0.717, 1.165) is 19.3 Å². The van der Waals surface area contributed by atoms with Crippen molar-refractivity contribution in [2.45, 2.75) is 489 Å². The lowest BCUT2D eigenvalue weighted by Crippen LogP contribution is -2.05. The molecular formula is C80H158O2. The Bertz CT molecular complexity index is 1130. The number of esters is 1. The van der Waals surface area contributed by atoms with Crippen molar-refractivity contribution in [3.05, 3.63) is 12.2 Å². The standard InChI is InChI=1S/C80H158O2/c1-3-5-7-9-11-13-15-17-19-20-21-22-23-24-25-26-27-28-29-30-31-32-33-34-35-36-37-38-39-40-41-42-43-44-45-46-47-48-49-50-51-52-53-54-55-56-57-58-59-60-61-62-63-65-67-69-71-73-75-77-79-82-80(81)78-76-74-72-70-68-66-64-18-16-14-12-10-8-6-4-2/h18,64H,3-17,19-63,65-79H2,1-2H3. The zero-order valence-corrected chi connectivity index (χ0v) is 57.5. The van der Waals surface area contributed by atoms with E-state index in [1.165, 1.54) is 449 Å². The van der Waals surface area contributed by atoms with Crippen molar-refractivity contribution in [2.75, 3.05) is 6.61 Å². The quantitative estimate of drug-likeness (QED) is 0.0345. The van der Waals surface area contributed by atoms with Crippen LogP contribution in [-0.2, 0) is 9.53 Å². The number of hydrogen-bond acceptors (Lipinski definition) is 2. The van der Waals surface area contributed by atoms with Gasteiger partial charge in [0, 0.05) is 6.42 Å². The van der Waals surface area contributed by atoms with Crippen LogP contribution < -0.4 is 0 Å². The Labute approximate surface area is 520 Å². The molecule has 0 saturated carbocycles. The summed E-state index contributed by atoms with van der Waals surface area (Å²) in [7, 11) is 0. The maximum absolute atomic E-state index is 12.1. The van der Waals surface area contributed by atoms with Crippen molar-refractivity contribution >= 4 is 5.97 Å². The first-order chi connectivity index (χ1) is 40.8. The third-order valence-corrected chi connectivity index (χ3v) is 18.9. The number of hydrogen-bond donors (Lipinski definition) is 0. The molecule has 0 atom stereocenters. The van der Waals surface area contributed by atoms with Gasteiger partial charge in [-0.3, -0.25) is 4.79 Å². The summed E-state index contributed by atoms with van der Waals surface area (Å²) < 4.78 is 5.50. The van der Waals surface area contributed by atoms with Crippen LogP contribution in [0.4, 0.5) is 0 Å². The van der Waals surface area contributed by atoms with Gasteiger partial charge in [-0.1, -0.05) is 456 Å². The molecule has 2 heteroatoms. The summed E-state index contributed by atoms with van der Waals surface area (Å²) in [5.74, 6) is 0.0239.